The first-order chi connectivity index (χ1) is 8.29. The molecule has 1 aromatic rings. The lowest BCUT2D eigenvalue weighted by atomic mass is 10.0. The van der Waals surface area contributed by atoms with Gasteiger partial charge < -0.3 is 4.74 Å². The van der Waals surface area contributed by atoms with Crippen LogP contribution in [0.4, 0.5) is 0 Å². The van der Waals surface area contributed by atoms with Gasteiger partial charge in [0.05, 0.1) is 7.11 Å². The highest BCUT2D eigenvalue weighted by Crippen LogP contribution is 2.31. The molecule has 17 heavy (non-hydrogen) atoms. The van der Waals surface area contributed by atoms with Crippen molar-refractivity contribution in [2.75, 3.05) is 7.11 Å². The molecule has 0 N–H and O–H groups in total. The summed E-state index contributed by atoms with van der Waals surface area (Å²) in [4.78, 5) is 11.5. The van der Waals surface area contributed by atoms with Crippen LogP contribution in [0, 0.1) is 5.92 Å². The molecular weight excluding hydrogens is 212 g/mol. The van der Waals surface area contributed by atoms with Crippen molar-refractivity contribution in [3.8, 4) is 5.75 Å². The zero-order chi connectivity index (χ0) is 12.1. The largest absolute Gasteiger partial charge is 0.497 e. The second-order valence-corrected chi connectivity index (χ2v) is 4.80. The quantitative estimate of drug-likeness (QED) is 0.674. The Hall–Kier alpha value is -1.31. The van der Waals surface area contributed by atoms with Crippen LogP contribution in [-0.4, -0.2) is 12.9 Å². The maximum absolute atomic E-state index is 11.5. The Kier molecular flexibility index (Phi) is 4.18. The summed E-state index contributed by atoms with van der Waals surface area (Å²) in [6, 6.07) is 8.18. The number of carbonyl (C=O) groups excluding carboxylic acids is 1. The Morgan fingerprint density at radius 2 is 1.94 bits per heavy atom. The zero-order valence-corrected chi connectivity index (χ0v) is 10.4. The minimum absolute atomic E-state index is 0.427. The molecule has 0 heterocycles. The molecule has 1 aliphatic carbocycles. The van der Waals surface area contributed by atoms with Gasteiger partial charge in [-0.1, -0.05) is 12.1 Å². The van der Waals surface area contributed by atoms with E-state index in [2.05, 4.69) is 12.1 Å². The van der Waals surface area contributed by atoms with E-state index in [1.165, 1.54) is 5.56 Å². The molecule has 2 heteroatoms. The molecule has 0 bridgehead atoms. The summed E-state index contributed by atoms with van der Waals surface area (Å²) in [7, 11) is 1.68. The van der Waals surface area contributed by atoms with Crippen LogP contribution in [0.1, 0.15) is 37.7 Å². The molecule has 1 aromatic carbocycles. The lowest BCUT2D eigenvalue weighted by molar-refractivity contribution is -0.120. The van der Waals surface area contributed by atoms with Gasteiger partial charge in [-0.3, -0.25) is 4.79 Å². The van der Waals surface area contributed by atoms with Crippen LogP contribution in [0.5, 0.6) is 5.75 Å². The molecule has 2 nitrogen and oxygen atoms in total. The smallest absolute Gasteiger partial charge is 0.135 e. The van der Waals surface area contributed by atoms with Gasteiger partial charge in [-0.2, -0.15) is 0 Å². The summed E-state index contributed by atoms with van der Waals surface area (Å²) >= 11 is 0. The molecule has 0 spiro atoms. The van der Waals surface area contributed by atoms with E-state index in [0.29, 0.717) is 11.7 Å². The molecular formula is C15H20O2. The van der Waals surface area contributed by atoms with Gasteiger partial charge in [0.1, 0.15) is 11.5 Å². The molecule has 0 aromatic heterocycles. The summed E-state index contributed by atoms with van der Waals surface area (Å²) in [6.07, 6.45) is 6.24. The number of ether oxygens (including phenoxy) is 1. The predicted octanol–water partition coefficient (Wildman–Crippen LogP) is 3.39. The molecule has 0 atom stereocenters. The van der Waals surface area contributed by atoms with Crippen molar-refractivity contribution in [3.63, 3.8) is 0 Å². The number of ketones is 1. The lowest BCUT2D eigenvalue weighted by Gasteiger charge is -2.03. The molecule has 92 valence electrons. The summed E-state index contributed by atoms with van der Waals surface area (Å²) < 4.78 is 5.11. The fourth-order valence-electron chi connectivity index (χ4n) is 2.03. The van der Waals surface area contributed by atoms with Crippen molar-refractivity contribution in [2.45, 2.75) is 38.5 Å². The highest BCUT2D eigenvalue weighted by molar-refractivity contribution is 5.83. The van der Waals surface area contributed by atoms with Gasteiger partial charge in [0.2, 0.25) is 0 Å². The number of unbranched alkanes of at least 4 members (excludes halogenated alkanes) is 1. The van der Waals surface area contributed by atoms with E-state index in [9.17, 15) is 4.79 Å². The molecule has 0 amide bonds. The first kappa shape index (κ1) is 12.2. The highest BCUT2D eigenvalue weighted by Gasteiger charge is 2.28. The molecule has 0 radical (unpaired) electrons. The van der Waals surface area contributed by atoms with Crippen LogP contribution in [0.15, 0.2) is 24.3 Å². The SMILES string of the molecule is COc1ccc(CCCCC(=O)C2CC2)cc1. The number of hydrogen-bond donors (Lipinski definition) is 0. The number of carbonyl (C=O) groups is 1. The Labute approximate surface area is 103 Å². The van der Waals surface area contributed by atoms with E-state index in [4.69, 9.17) is 4.74 Å². The molecule has 2 rings (SSSR count). The molecule has 1 fully saturated rings. The summed E-state index contributed by atoms with van der Waals surface area (Å²) in [5.41, 5.74) is 1.32. The van der Waals surface area contributed by atoms with Crippen LogP contribution >= 0.6 is 0 Å². The van der Waals surface area contributed by atoms with Crippen molar-refractivity contribution in [1.82, 2.24) is 0 Å². The third-order valence-corrected chi connectivity index (χ3v) is 3.33. The lowest BCUT2D eigenvalue weighted by Crippen LogP contribution is -1.99. The Morgan fingerprint density at radius 1 is 1.24 bits per heavy atom. The molecule has 1 aliphatic rings. The summed E-state index contributed by atoms with van der Waals surface area (Å²) in [6.45, 7) is 0. The normalized spacial score (nSPS) is 14.6. The number of aryl methyl sites for hydroxylation is 1. The van der Waals surface area contributed by atoms with E-state index in [-0.39, 0.29) is 0 Å². The van der Waals surface area contributed by atoms with Gasteiger partial charge in [0.25, 0.3) is 0 Å². The summed E-state index contributed by atoms with van der Waals surface area (Å²) in [5.74, 6) is 1.81. The number of rotatable bonds is 7. The Balaban J connectivity index is 1.65. The first-order valence-electron chi connectivity index (χ1n) is 6.45. The second kappa shape index (κ2) is 5.85. The van der Waals surface area contributed by atoms with E-state index >= 15 is 0 Å². The maximum Gasteiger partial charge on any atom is 0.135 e. The highest BCUT2D eigenvalue weighted by atomic mass is 16.5. The van der Waals surface area contributed by atoms with E-state index in [0.717, 1.165) is 44.3 Å². The number of hydrogen-bond acceptors (Lipinski definition) is 2. The van der Waals surface area contributed by atoms with Gasteiger partial charge in [0, 0.05) is 12.3 Å². The summed E-state index contributed by atoms with van der Waals surface area (Å²) in [5, 5.41) is 0. The molecule has 0 aliphatic heterocycles. The second-order valence-electron chi connectivity index (χ2n) is 4.80. The number of methoxy groups -OCH3 is 1. The van der Waals surface area contributed by atoms with Crippen molar-refractivity contribution < 1.29 is 9.53 Å². The van der Waals surface area contributed by atoms with Crippen LogP contribution < -0.4 is 4.74 Å². The average molecular weight is 232 g/mol. The van der Waals surface area contributed by atoms with Crippen molar-refractivity contribution in [3.05, 3.63) is 29.8 Å². The standard InChI is InChI=1S/C15H20O2/c1-17-14-10-6-12(7-11-14)4-2-3-5-15(16)13-8-9-13/h6-7,10-11,13H,2-5,8-9H2,1H3. The van der Waals surface area contributed by atoms with E-state index < -0.39 is 0 Å². The van der Waals surface area contributed by atoms with Crippen LogP contribution in [0.2, 0.25) is 0 Å². The maximum atomic E-state index is 11.5. The predicted molar refractivity (Wildman–Crippen MR) is 68.3 cm³/mol. The van der Waals surface area contributed by atoms with Gasteiger partial charge in [-0.25, -0.2) is 0 Å². The monoisotopic (exact) mass is 232 g/mol. The minimum atomic E-state index is 0.427. The molecule has 0 unspecified atom stereocenters. The van der Waals surface area contributed by atoms with Gasteiger partial charge in [0.15, 0.2) is 0 Å². The zero-order valence-electron chi connectivity index (χ0n) is 10.4. The van der Waals surface area contributed by atoms with Crippen LogP contribution in [0.25, 0.3) is 0 Å². The van der Waals surface area contributed by atoms with Crippen molar-refractivity contribution >= 4 is 5.78 Å². The molecule has 0 saturated heterocycles. The van der Waals surface area contributed by atoms with E-state index in [1.54, 1.807) is 7.11 Å². The van der Waals surface area contributed by atoms with Gasteiger partial charge in [-0.05, 0) is 49.8 Å². The van der Waals surface area contributed by atoms with Crippen LogP contribution in [-0.2, 0) is 11.2 Å². The third kappa shape index (κ3) is 3.88. The fourth-order valence-corrected chi connectivity index (χ4v) is 2.03. The van der Waals surface area contributed by atoms with Gasteiger partial charge in [-0.15, -0.1) is 0 Å². The molecule has 1 saturated carbocycles. The first-order valence-corrected chi connectivity index (χ1v) is 6.45. The fraction of sp³-hybridized carbons (Fsp3) is 0.533. The third-order valence-electron chi connectivity index (χ3n) is 3.33. The van der Waals surface area contributed by atoms with Crippen molar-refractivity contribution in [1.29, 1.82) is 0 Å². The Bertz CT molecular complexity index is 363. The number of benzene rings is 1. The Morgan fingerprint density at radius 3 is 2.53 bits per heavy atom. The van der Waals surface area contributed by atoms with Crippen molar-refractivity contribution in [2.24, 2.45) is 5.92 Å². The number of Topliss-reactive ketones (excluding diaryl/α,β-unsaturated/α-hetero) is 1. The minimum Gasteiger partial charge on any atom is -0.497 e. The van der Waals surface area contributed by atoms with E-state index in [1.807, 2.05) is 12.1 Å². The average Bonchev–Trinajstić information content (AvgIpc) is 3.19. The van der Waals surface area contributed by atoms with Gasteiger partial charge >= 0.3 is 0 Å². The van der Waals surface area contributed by atoms with Crippen LogP contribution in [0.3, 0.4) is 0 Å². The topological polar surface area (TPSA) is 26.3 Å².